The molecule has 1 aromatic heterocycles. The Morgan fingerprint density at radius 2 is 1.83 bits per heavy atom. The Hall–Kier alpha value is -2.38. The summed E-state index contributed by atoms with van der Waals surface area (Å²) in [4.78, 5) is 46.6. The number of benzene rings is 1. The average molecular weight is 594 g/mol. The molecule has 0 bridgehead atoms. The van der Waals surface area contributed by atoms with E-state index in [1.54, 1.807) is 11.3 Å². The van der Waals surface area contributed by atoms with E-state index in [0.717, 1.165) is 34.7 Å². The molecule has 1 N–H and O–H groups in total. The van der Waals surface area contributed by atoms with E-state index < -0.39 is 5.92 Å². The second kappa shape index (κ2) is 15.9. The number of Topliss-reactive ketones (excluding diaryl/α,β-unsaturated/α-hetero) is 2. The van der Waals surface area contributed by atoms with Crippen LogP contribution in [0.15, 0.2) is 30.4 Å². The fraction of sp³-hybridized carbons (Fsp3) is 0.657. The van der Waals surface area contributed by atoms with Crippen molar-refractivity contribution in [3.05, 3.63) is 40.9 Å². The van der Waals surface area contributed by atoms with Crippen molar-refractivity contribution in [3.63, 3.8) is 0 Å². The number of likely N-dealkylation sites (tertiary alicyclic amines) is 1. The number of amides is 1. The summed E-state index contributed by atoms with van der Waals surface area (Å²) in [6.07, 6.45) is 11.5. The fourth-order valence-corrected chi connectivity index (χ4v) is 7.59. The van der Waals surface area contributed by atoms with Gasteiger partial charge in [0.05, 0.1) is 21.1 Å². The number of carbonyl (C=O) groups excluding carboxylic acids is 3. The predicted molar refractivity (Wildman–Crippen MR) is 173 cm³/mol. The van der Waals surface area contributed by atoms with Crippen LogP contribution in [-0.2, 0) is 20.8 Å². The van der Waals surface area contributed by atoms with Crippen molar-refractivity contribution in [2.75, 3.05) is 19.6 Å². The van der Waals surface area contributed by atoms with Gasteiger partial charge in [-0.15, -0.1) is 11.3 Å². The molecule has 4 rings (SSSR count). The van der Waals surface area contributed by atoms with E-state index in [9.17, 15) is 14.4 Å². The number of ketones is 2. The minimum Gasteiger partial charge on any atom is -0.353 e. The summed E-state index contributed by atoms with van der Waals surface area (Å²) in [7, 11) is 0. The molecule has 2 aromatic rings. The van der Waals surface area contributed by atoms with Gasteiger partial charge in [-0.2, -0.15) is 0 Å². The molecular formula is C35H51N3O3S. The number of aromatic nitrogens is 1. The van der Waals surface area contributed by atoms with Gasteiger partial charge in [-0.3, -0.25) is 19.3 Å². The molecule has 42 heavy (non-hydrogen) atoms. The van der Waals surface area contributed by atoms with Crippen molar-refractivity contribution in [1.29, 1.82) is 0 Å². The lowest BCUT2D eigenvalue weighted by Gasteiger charge is -2.28. The molecule has 2 fully saturated rings. The van der Waals surface area contributed by atoms with Crippen molar-refractivity contribution >= 4 is 39.0 Å². The lowest BCUT2D eigenvalue weighted by atomic mass is 9.83. The first-order chi connectivity index (χ1) is 20.2. The van der Waals surface area contributed by atoms with Crippen LogP contribution in [0.25, 0.3) is 10.2 Å². The monoisotopic (exact) mass is 593 g/mol. The Labute approximate surface area is 256 Å². The van der Waals surface area contributed by atoms with Gasteiger partial charge in [0.1, 0.15) is 5.78 Å². The normalized spacial score (nSPS) is 17.9. The van der Waals surface area contributed by atoms with Crippen LogP contribution in [0.4, 0.5) is 0 Å². The van der Waals surface area contributed by atoms with Crippen molar-refractivity contribution in [2.45, 2.75) is 116 Å². The van der Waals surface area contributed by atoms with Gasteiger partial charge in [0, 0.05) is 43.8 Å². The van der Waals surface area contributed by atoms with Gasteiger partial charge in [0.2, 0.25) is 5.91 Å². The van der Waals surface area contributed by atoms with E-state index in [-0.39, 0.29) is 29.9 Å². The van der Waals surface area contributed by atoms with Crippen LogP contribution >= 0.6 is 11.3 Å². The molecule has 1 saturated heterocycles. The molecule has 0 radical (unpaired) electrons. The molecule has 1 aliphatic heterocycles. The summed E-state index contributed by atoms with van der Waals surface area (Å²) >= 11 is 1.63. The molecular weight excluding hydrogens is 542 g/mol. The number of nitrogens with zero attached hydrogens (tertiary/aromatic N) is 2. The highest BCUT2D eigenvalue weighted by Crippen LogP contribution is 2.30. The van der Waals surface area contributed by atoms with Crippen molar-refractivity contribution in [2.24, 2.45) is 11.8 Å². The first kappa shape index (κ1) is 32.5. The average Bonchev–Trinajstić information content (AvgIpc) is 3.64. The Morgan fingerprint density at radius 1 is 1.10 bits per heavy atom. The number of nitrogens with one attached hydrogen (secondary N) is 1. The maximum atomic E-state index is 13.8. The molecule has 1 saturated carbocycles. The standard InChI is InChI=1S/C35H51N3O3S/c1-5-30(39)20-28(22-34-37-31-15-13-27(24(2)3)21-33(31)42-34)35(41)36-29(19-26-11-7-6-8-12-26)14-16-32(40)25(4)23-38-17-9-10-18-38/h13,15,21,24,26,28-29H,4-12,14,16-20,22-23H2,1-3H3,(H,36,41)/t28-,29+/m0/s1. The summed E-state index contributed by atoms with van der Waals surface area (Å²) < 4.78 is 1.13. The zero-order valence-corrected chi connectivity index (χ0v) is 26.9. The largest absolute Gasteiger partial charge is 0.353 e. The van der Waals surface area contributed by atoms with Crippen LogP contribution in [0.2, 0.25) is 0 Å². The number of hydrogen-bond acceptors (Lipinski definition) is 6. The van der Waals surface area contributed by atoms with E-state index in [1.165, 1.54) is 50.5 Å². The quantitative estimate of drug-likeness (QED) is 0.205. The Bertz CT molecular complexity index is 1220. The minimum absolute atomic E-state index is 0.0765. The van der Waals surface area contributed by atoms with E-state index >= 15 is 0 Å². The number of rotatable bonds is 16. The maximum absolute atomic E-state index is 13.8. The summed E-state index contributed by atoms with van der Waals surface area (Å²) in [5.41, 5.74) is 2.90. The van der Waals surface area contributed by atoms with Crippen LogP contribution < -0.4 is 5.32 Å². The molecule has 1 aliphatic carbocycles. The smallest absolute Gasteiger partial charge is 0.224 e. The van der Waals surface area contributed by atoms with Crippen LogP contribution in [0.5, 0.6) is 0 Å². The lowest BCUT2D eigenvalue weighted by molar-refractivity contribution is -0.130. The van der Waals surface area contributed by atoms with Crippen LogP contribution in [-0.4, -0.2) is 53.0 Å². The molecule has 2 heterocycles. The second-order valence-corrected chi connectivity index (χ2v) is 14.1. The highest BCUT2D eigenvalue weighted by molar-refractivity contribution is 7.18. The van der Waals surface area contributed by atoms with Gasteiger partial charge in [0.25, 0.3) is 0 Å². The Balaban J connectivity index is 1.44. The Morgan fingerprint density at radius 3 is 2.52 bits per heavy atom. The molecule has 2 aliphatic rings. The number of carbonyl (C=O) groups is 3. The van der Waals surface area contributed by atoms with Gasteiger partial charge in [-0.25, -0.2) is 4.98 Å². The zero-order valence-electron chi connectivity index (χ0n) is 26.1. The molecule has 7 heteroatoms. The lowest BCUT2D eigenvalue weighted by Crippen LogP contribution is -2.41. The second-order valence-electron chi connectivity index (χ2n) is 13.0. The van der Waals surface area contributed by atoms with Gasteiger partial charge >= 0.3 is 0 Å². The van der Waals surface area contributed by atoms with E-state index in [4.69, 9.17) is 4.98 Å². The first-order valence-electron chi connectivity index (χ1n) is 16.4. The maximum Gasteiger partial charge on any atom is 0.224 e. The molecule has 6 nitrogen and oxygen atoms in total. The van der Waals surface area contributed by atoms with Crippen molar-refractivity contribution < 1.29 is 14.4 Å². The van der Waals surface area contributed by atoms with Gasteiger partial charge in [-0.1, -0.05) is 65.5 Å². The molecule has 0 unspecified atom stereocenters. The molecule has 1 aromatic carbocycles. The van der Waals surface area contributed by atoms with Gasteiger partial charge in [0.15, 0.2) is 5.78 Å². The summed E-state index contributed by atoms with van der Waals surface area (Å²) in [5, 5.41) is 4.23. The first-order valence-corrected chi connectivity index (χ1v) is 17.2. The number of thiazole rings is 1. The van der Waals surface area contributed by atoms with E-state index in [2.05, 4.69) is 48.8 Å². The number of hydrogen-bond donors (Lipinski definition) is 1. The highest BCUT2D eigenvalue weighted by Gasteiger charge is 2.28. The summed E-state index contributed by atoms with van der Waals surface area (Å²) in [6.45, 7) is 13.1. The third-order valence-electron chi connectivity index (χ3n) is 9.20. The van der Waals surface area contributed by atoms with Crippen molar-refractivity contribution in [1.82, 2.24) is 15.2 Å². The molecule has 2 atom stereocenters. The third kappa shape index (κ3) is 9.57. The molecule has 230 valence electrons. The van der Waals surface area contributed by atoms with Gasteiger partial charge < -0.3 is 5.32 Å². The van der Waals surface area contributed by atoms with E-state index in [0.29, 0.717) is 49.6 Å². The molecule has 0 spiro atoms. The highest BCUT2D eigenvalue weighted by atomic mass is 32.1. The SMILES string of the molecule is C=C(CN1CCCC1)C(=O)CC[C@H](CC1CCCCC1)NC(=O)[C@@H](CC(=O)CC)Cc1nc2ccc(C(C)C)cc2s1. The minimum atomic E-state index is -0.461. The zero-order chi connectivity index (χ0) is 30.1. The van der Waals surface area contributed by atoms with Crippen LogP contribution in [0.1, 0.15) is 114 Å². The van der Waals surface area contributed by atoms with Gasteiger partial charge in [-0.05, 0) is 68.3 Å². The summed E-state index contributed by atoms with van der Waals surface area (Å²) in [6, 6.07) is 6.30. The van der Waals surface area contributed by atoms with Crippen LogP contribution in [0, 0.1) is 11.8 Å². The predicted octanol–water partition coefficient (Wildman–Crippen LogP) is 7.40. The van der Waals surface area contributed by atoms with E-state index in [1.807, 2.05) is 6.92 Å². The Kier molecular flexibility index (Phi) is 12.3. The summed E-state index contributed by atoms with van der Waals surface area (Å²) in [5.74, 6) is 0.668. The van der Waals surface area contributed by atoms with Crippen molar-refractivity contribution in [3.8, 4) is 0 Å². The number of fused-ring (bicyclic) bond motifs is 1. The third-order valence-corrected chi connectivity index (χ3v) is 10.2. The topological polar surface area (TPSA) is 79.4 Å². The molecule has 1 amide bonds. The fourth-order valence-electron chi connectivity index (χ4n) is 6.50. The van der Waals surface area contributed by atoms with Crippen LogP contribution in [0.3, 0.4) is 0 Å².